The molecule has 0 aliphatic rings. The minimum Gasteiger partial charge on any atom is -0.276 e. The molecule has 4 heteroatoms. The van der Waals surface area contributed by atoms with E-state index < -0.39 is 0 Å². The molecule has 0 fully saturated rings. The van der Waals surface area contributed by atoms with Gasteiger partial charge in [0.05, 0.1) is 7.11 Å². The van der Waals surface area contributed by atoms with E-state index in [1.54, 1.807) is 18.4 Å². The van der Waals surface area contributed by atoms with Crippen LogP contribution in [0.1, 0.15) is 11.4 Å². The van der Waals surface area contributed by atoms with Crippen molar-refractivity contribution in [3.63, 3.8) is 0 Å². The molecule has 0 radical (unpaired) electrons. The summed E-state index contributed by atoms with van der Waals surface area (Å²) in [5.41, 5.74) is 1.00. The average molecular weight is 167 g/mol. The third-order valence-electron chi connectivity index (χ3n) is 1.64. The molecule has 0 unspecified atom stereocenters. The van der Waals surface area contributed by atoms with Crippen LogP contribution < -0.4 is 5.06 Å². The molecule has 66 valence electrons. The summed E-state index contributed by atoms with van der Waals surface area (Å²) < 4.78 is 0. The van der Waals surface area contributed by atoms with Gasteiger partial charge in [0.1, 0.15) is 5.82 Å². The molecule has 0 saturated carbocycles. The minimum absolute atomic E-state index is 0.750. The molecule has 1 rings (SSSR count). The number of rotatable bonds is 2. The van der Waals surface area contributed by atoms with Gasteiger partial charge < -0.3 is 0 Å². The quantitative estimate of drug-likeness (QED) is 0.618. The van der Waals surface area contributed by atoms with E-state index in [4.69, 9.17) is 4.84 Å². The van der Waals surface area contributed by atoms with Crippen molar-refractivity contribution in [1.82, 2.24) is 9.97 Å². The van der Waals surface area contributed by atoms with E-state index in [-0.39, 0.29) is 0 Å². The van der Waals surface area contributed by atoms with Crippen LogP contribution in [-0.4, -0.2) is 24.1 Å². The van der Waals surface area contributed by atoms with Gasteiger partial charge in [-0.3, -0.25) is 4.84 Å². The van der Waals surface area contributed by atoms with E-state index in [9.17, 15) is 0 Å². The largest absolute Gasteiger partial charge is 0.276 e. The zero-order valence-electron chi connectivity index (χ0n) is 7.83. The maximum absolute atomic E-state index is 5.02. The van der Waals surface area contributed by atoms with E-state index in [0.29, 0.717) is 0 Å². The van der Waals surface area contributed by atoms with Crippen molar-refractivity contribution in [2.24, 2.45) is 0 Å². The number of anilines is 1. The highest BCUT2D eigenvalue weighted by molar-refractivity contribution is 5.41. The lowest BCUT2D eigenvalue weighted by molar-refractivity contribution is 0.182. The van der Waals surface area contributed by atoms with Gasteiger partial charge >= 0.3 is 0 Å². The van der Waals surface area contributed by atoms with Crippen LogP contribution in [0.2, 0.25) is 0 Å². The van der Waals surface area contributed by atoms with Crippen molar-refractivity contribution in [3.8, 4) is 0 Å². The van der Waals surface area contributed by atoms with E-state index in [0.717, 1.165) is 17.2 Å². The maximum atomic E-state index is 5.02. The summed E-state index contributed by atoms with van der Waals surface area (Å²) in [5, 5.41) is 1.62. The second kappa shape index (κ2) is 3.49. The molecular formula is C8H13N3O. The van der Waals surface area contributed by atoms with Crippen LogP contribution in [0, 0.1) is 13.8 Å². The van der Waals surface area contributed by atoms with Crippen molar-refractivity contribution in [3.05, 3.63) is 17.6 Å². The standard InChI is InChI=1S/C8H13N3O/c1-6-5-9-7(2)10-8(6)11(3)12-4/h5H,1-4H3. The predicted octanol–water partition coefficient (Wildman–Crippen LogP) is 1.09. The molecule has 0 spiro atoms. The van der Waals surface area contributed by atoms with Gasteiger partial charge in [-0.2, -0.15) is 0 Å². The summed E-state index contributed by atoms with van der Waals surface area (Å²) in [7, 11) is 3.42. The Hall–Kier alpha value is -1.16. The van der Waals surface area contributed by atoms with Gasteiger partial charge in [-0.25, -0.2) is 15.0 Å². The van der Waals surface area contributed by atoms with Crippen LogP contribution in [0.25, 0.3) is 0 Å². The molecular weight excluding hydrogens is 154 g/mol. The fraction of sp³-hybridized carbons (Fsp3) is 0.500. The van der Waals surface area contributed by atoms with Gasteiger partial charge in [-0.05, 0) is 13.8 Å². The Kier molecular flexibility index (Phi) is 2.60. The summed E-state index contributed by atoms with van der Waals surface area (Å²) in [6.45, 7) is 3.80. The highest BCUT2D eigenvalue weighted by Crippen LogP contribution is 2.13. The number of nitrogens with zero attached hydrogens (tertiary/aromatic N) is 3. The van der Waals surface area contributed by atoms with Crippen molar-refractivity contribution in [2.75, 3.05) is 19.2 Å². The first kappa shape index (κ1) is 8.93. The number of hydroxylamine groups is 1. The molecule has 1 heterocycles. The first-order valence-corrected chi connectivity index (χ1v) is 3.73. The zero-order valence-corrected chi connectivity index (χ0v) is 7.83. The Morgan fingerprint density at radius 1 is 1.42 bits per heavy atom. The first-order valence-electron chi connectivity index (χ1n) is 3.73. The van der Waals surface area contributed by atoms with E-state index in [2.05, 4.69) is 9.97 Å². The fourth-order valence-electron chi connectivity index (χ4n) is 0.924. The average Bonchev–Trinajstić information content (AvgIpc) is 2.08. The summed E-state index contributed by atoms with van der Waals surface area (Å²) >= 11 is 0. The number of hydrogen-bond donors (Lipinski definition) is 0. The van der Waals surface area contributed by atoms with Gasteiger partial charge in [0.2, 0.25) is 0 Å². The molecule has 0 aliphatic carbocycles. The van der Waals surface area contributed by atoms with E-state index in [1.807, 2.05) is 20.9 Å². The van der Waals surface area contributed by atoms with Crippen molar-refractivity contribution >= 4 is 5.82 Å². The molecule has 0 N–H and O–H groups in total. The van der Waals surface area contributed by atoms with Gasteiger partial charge in [0.15, 0.2) is 5.82 Å². The molecule has 4 nitrogen and oxygen atoms in total. The monoisotopic (exact) mass is 167 g/mol. The lowest BCUT2D eigenvalue weighted by Gasteiger charge is -2.16. The van der Waals surface area contributed by atoms with Crippen LogP contribution in [-0.2, 0) is 4.84 Å². The van der Waals surface area contributed by atoms with Gasteiger partial charge in [0, 0.05) is 18.8 Å². The third-order valence-corrected chi connectivity index (χ3v) is 1.64. The highest BCUT2D eigenvalue weighted by atomic mass is 16.7. The van der Waals surface area contributed by atoms with Crippen LogP contribution >= 0.6 is 0 Å². The highest BCUT2D eigenvalue weighted by Gasteiger charge is 2.05. The van der Waals surface area contributed by atoms with Crippen LogP contribution in [0.5, 0.6) is 0 Å². The molecule has 0 aromatic carbocycles. The SMILES string of the molecule is CON(C)c1nc(C)ncc1C. The maximum Gasteiger partial charge on any atom is 0.158 e. The molecule has 12 heavy (non-hydrogen) atoms. The van der Waals surface area contributed by atoms with Crippen molar-refractivity contribution in [1.29, 1.82) is 0 Å². The smallest absolute Gasteiger partial charge is 0.158 e. The Labute approximate surface area is 72.2 Å². The lowest BCUT2D eigenvalue weighted by Crippen LogP contribution is -2.18. The Balaban J connectivity index is 3.04. The van der Waals surface area contributed by atoms with Crippen LogP contribution in [0.15, 0.2) is 6.20 Å². The Morgan fingerprint density at radius 2 is 2.08 bits per heavy atom. The van der Waals surface area contributed by atoms with Crippen molar-refractivity contribution < 1.29 is 4.84 Å². The fourth-order valence-corrected chi connectivity index (χ4v) is 0.924. The molecule has 1 aromatic rings. The predicted molar refractivity (Wildman–Crippen MR) is 46.9 cm³/mol. The molecule has 0 amide bonds. The Morgan fingerprint density at radius 3 is 2.67 bits per heavy atom. The summed E-state index contributed by atoms with van der Waals surface area (Å²) in [6, 6.07) is 0. The number of aromatic nitrogens is 2. The second-order valence-corrected chi connectivity index (χ2v) is 2.60. The number of aryl methyl sites for hydroxylation is 2. The van der Waals surface area contributed by atoms with Gasteiger partial charge in [-0.1, -0.05) is 0 Å². The lowest BCUT2D eigenvalue weighted by atomic mass is 10.3. The number of hydrogen-bond acceptors (Lipinski definition) is 4. The Bertz CT molecular complexity index is 275. The first-order chi connectivity index (χ1) is 5.65. The topological polar surface area (TPSA) is 38.2 Å². The van der Waals surface area contributed by atoms with Crippen LogP contribution in [0.3, 0.4) is 0 Å². The van der Waals surface area contributed by atoms with Gasteiger partial charge in [0.25, 0.3) is 0 Å². The molecule has 1 aromatic heterocycles. The second-order valence-electron chi connectivity index (χ2n) is 2.60. The van der Waals surface area contributed by atoms with Crippen LogP contribution in [0.4, 0.5) is 5.82 Å². The minimum atomic E-state index is 0.750. The van der Waals surface area contributed by atoms with Gasteiger partial charge in [-0.15, -0.1) is 0 Å². The summed E-state index contributed by atoms with van der Waals surface area (Å²) in [5.74, 6) is 1.56. The third kappa shape index (κ3) is 1.71. The van der Waals surface area contributed by atoms with Crippen molar-refractivity contribution in [2.45, 2.75) is 13.8 Å². The summed E-state index contributed by atoms with van der Waals surface area (Å²) in [6.07, 6.45) is 1.78. The summed E-state index contributed by atoms with van der Waals surface area (Å²) in [4.78, 5) is 13.3. The van der Waals surface area contributed by atoms with E-state index >= 15 is 0 Å². The molecule has 0 atom stereocenters. The zero-order chi connectivity index (χ0) is 9.14. The van der Waals surface area contributed by atoms with E-state index in [1.165, 1.54) is 0 Å². The molecule has 0 saturated heterocycles. The molecule has 0 aliphatic heterocycles. The normalized spacial score (nSPS) is 10.0. The molecule has 0 bridgehead atoms.